The summed E-state index contributed by atoms with van der Waals surface area (Å²) in [5.74, 6) is 0.0662. The van der Waals surface area contributed by atoms with Crippen molar-refractivity contribution < 1.29 is 10.2 Å². The molecule has 0 radical (unpaired) electrons. The van der Waals surface area contributed by atoms with Crippen LogP contribution in [0.15, 0.2) is 48.5 Å². The third kappa shape index (κ3) is 3.17. The van der Waals surface area contributed by atoms with Crippen LogP contribution in [0, 0.1) is 22.7 Å². The Balaban J connectivity index is 2.24. The molecule has 3 rings (SSSR count). The molecule has 3 N–H and O–H groups in total. The molecule has 7 heteroatoms. The maximum absolute atomic E-state index is 9.98. The fraction of sp³-hybridized carbons (Fsp3) is 0.0500. The van der Waals surface area contributed by atoms with Crippen molar-refractivity contribution >= 4 is 17.5 Å². The van der Waals surface area contributed by atoms with Gasteiger partial charge in [0.1, 0.15) is 40.7 Å². The molecule has 27 heavy (non-hydrogen) atoms. The number of benzene rings is 2. The van der Waals surface area contributed by atoms with Crippen molar-refractivity contribution in [3.05, 3.63) is 65.4 Å². The van der Waals surface area contributed by atoms with Crippen LogP contribution in [0.4, 0.5) is 5.82 Å². The van der Waals surface area contributed by atoms with Crippen molar-refractivity contribution in [2.24, 2.45) is 0 Å². The van der Waals surface area contributed by atoms with E-state index in [1.165, 1.54) is 29.0 Å². The number of nitrogens with one attached hydrogen (secondary N) is 1. The summed E-state index contributed by atoms with van der Waals surface area (Å²) in [5, 5.41) is 46.6. The van der Waals surface area contributed by atoms with Gasteiger partial charge in [-0.1, -0.05) is 24.3 Å². The van der Waals surface area contributed by atoms with Gasteiger partial charge in [0, 0.05) is 7.05 Å². The molecule has 0 amide bonds. The lowest BCUT2D eigenvalue weighted by atomic mass is 10.0. The quantitative estimate of drug-likeness (QED) is 0.617. The van der Waals surface area contributed by atoms with Crippen molar-refractivity contribution in [2.45, 2.75) is 0 Å². The van der Waals surface area contributed by atoms with Gasteiger partial charge in [0.2, 0.25) is 0 Å². The van der Waals surface area contributed by atoms with Crippen LogP contribution in [0.5, 0.6) is 11.5 Å². The van der Waals surface area contributed by atoms with Crippen molar-refractivity contribution in [3.63, 3.8) is 0 Å². The average Bonchev–Trinajstić information content (AvgIpc) is 3.07. The van der Waals surface area contributed by atoms with Crippen LogP contribution >= 0.6 is 0 Å². The van der Waals surface area contributed by atoms with E-state index < -0.39 is 0 Å². The molecule has 0 saturated carbocycles. The van der Waals surface area contributed by atoms with E-state index >= 15 is 0 Å². The average molecular weight is 357 g/mol. The van der Waals surface area contributed by atoms with Crippen LogP contribution in [-0.2, 0) is 0 Å². The van der Waals surface area contributed by atoms with Crippen LogP contribution in [0.2, 0.25) is 0 Å². The molecule has 0 unspecified atom stereocenters. The maximum Gasteiger partial charge on any atom is 0.148 e. The van der Waals surface area contributed by atoms with Gasteiger partial charge < -0.3 is 15.5 Å². The molecule has 0 spiro atoms. The zero-order chi connectivity index (χ0) is 19.4. The number of rotatable bonds is 4. The topological polar surface area (TPSA) is 118 Å². The number of aromatic hydroxyl groups is 2. The first-order valence-corrected chi connectivity index (χ1v) is 8.00. The molecule has 0 fully saturated rings. The largest absolute Gasteiger partial charge is 0.507 e. The molecule has 0 atom stereocenters. The summed E-state index contributed by atoms with van der Waals surface area (Å²) < 4.78 is 1.53. The van der Waals surface area contributed by atoms with E-state index in [0.29, 0.717) is 11.5 Å². The van der Waals surface area contributed by atoms with Crippen LogP contribution in [0.3, 0.4) is 0 Å². The van der Waals surface area contributed by atoms with Gasteiger partial charge in [-0.25, -0.2) is 4.68 Å². The van der Waals surface area contributed by atoms with Gasteiger partial charge in [0.05, 0.1) is 16.8 Å². The van der Waals surface area contributed by atoms with Crippen molar-refractivity contribution in [1.29, 1.82) is 10.5 Å². The van der Waals surface area contributed by atoms with Crippen LogP contribution in [-0.4, -0.2) is 27.0 Å². The van der Waals surface area contributed by atoms with Crippen LogP contribution in [0.25, 0.3) is 17.3 Å². The molecule has 0 aliphatic rings. The lowest BCUT2D eigenvalue weighted by Crippen LogP contribution is -2.02. The molecular formula is C20H15N5O2. The first kappa shape index (κ1) is 17.6. The van der Waals surface area contributed by atoms with E-state index in [1.54, 1.807) is 7.05 Å². The minimum Gasteiger partial charge on any atom is -0.507 e. The molecule has 1 aromatic heterocycles. The third-order valence-electron chi connectivity index (χ3n) is 3.96. The highest BCUT2D eigenvalue weighted by Gasteiger charge is 2.21. The molecule has 132 valence electrons. The number of para-hydroxylation sites is 1. The molecule has 3 aromatic rings. The second-order valence-corrected chi connectivity index (χ2v) is 5.56. The van der Waals surface area contributed by atoms with E-state index in [4.69, 9.17) is 0 Å². The Labute approximate surface area is 155 Å². The van der Waals surface area contributed by atoms with E-state index in [9.17, 15) is 20.7 Å². The lowest BCUT2D eigenvalue weighted by Gasteiger charge is -2.06. The number of anilines is 1. The zero-order valence-corrected chi connectivity index (χ0v) is 14.4. The van der Waals surface area contributed by atoms with E-state index in [1.807, 2.05) is 36.4 Å². The van der Waals surface area contributed by atoms with E-state index in [0.717, 1.165) is 0 Å². The molecule has 7 nitrogen and oxygen atoms in total. The monoisotopic (exact) mass is 357 g/mol. The van der Waals surface area contributed by atoms with Gasteiger partial charge in [-0.15, -0.1) is 0 Å². The number of allylic oxidation sites excluding steroid dienone is 1. The number of hydrogen-bond acceptors (Lipinski definition) is 6. The van der Waals surface area contributed by atoms with Gasteiger partial charge in [0.15, 0.2) is 0 Å². The van der Waals surface area contributed by atoms with Gasteiger partial charge >= 0.3 is 0 Å². The van der Waals surface area contributed by atoms with Crippen molar-refractivity contribution in [1.82, 2.24) is 9.78 Å². The fourth-order valence-electron chi connectivity index (χ4n) is 2.69. The Morgan fingerprint density at radius 2 is 1.74 bits per heavy atom. The highest BCUT2D eigenvalue weighted by atomic mass is 16.3. The molecule has 0 bridgehead atoms. The Morgan fingerprint density at radius 3 is 2.30 bits per heavy atom. The normalized spacial score (nSPS) is 10.9. The summed E-state index contributed by atoms with van der Waals surface area (Å²) in [6.07, 6.45) is 1.31. The van der Waals surface area contributed by atoms with Gasteiger partial charge in [-0.3, -0.25) is 0 Å². The molecule has 0 saturated heterocycles. The number of aromatic nitrogens is 2. The highest BCUT2D eigenvalue weighted by molar-refractivity contribution is 5.93. The maximum atomic E-state index is 9.98. The van der Waals surface area contributed by atoms with Crippen LogP contribution < -0.4 is 5.32 Å². The smallest absolute Gasteiger partial charge is 0.148 e. The predicted octanol–water partition coefficient (Wildman–Crippen LogP) is 3.26. The van der Waals surface area contributed by atoms with E-state index in [2.05, 4.69) is 16.5 Å². The summed E-state index contributed by atoms with van der Waals surface area (Å²) in [5.41, 5.74) is 1.17. The standard InChI is InChI=1S/C20H15N5O2/c1-23-20-16(12-22)19(24-25(20)14-6-3-2-4-7-14)13(11-21)10-15-17(26)8-5-9-18(15)27/h2-10,23,26-27H,1H3/b13-10+. The van der Waals surface area contributed by atoms with Crippen molar-refractivity contribution in [2.75, 3.05) is 12.4 Å². The van der Waals surface area contributed by atoms with Crippen molar-refractivity contribution in [3.8, 4) is 29.3 Å². The predicted molar refractivity (Wildman–Crippen MR) is 101 cm³/mol. The Bertz CT molecular complexity index is 1080. The summed E-state index contributed by atoms with van der Waals surface area (Å²) in [4.78, 5) is 0. The second-order valence-electron chi connectivity index (χ2n) is 5.56. The van der Waals surface area contributed by atoms with Gasteiger partial charge in [0.25, 0.3) is 0 Å². The minimum atomic E-state index is -0.183. The SMILES string of the molecule is CNc1c(C#N)c(/C(C#N)=C/c2c(O)cccc2O)nn1-c1ccccc1. The first-order valence-electron chi connectivity index (χ1n) is 8.00. The fourth-order valence-corrected chi connectivity index (χ4v) is 2.69. The third-order valence-corrected chi connectivity index (χ3v) is 3.96. The summed E-state index contributed by atoms with van der Waals surface area (Å²) in [7, 11) is 1.66. The first-order chi connectivity index (χ1) is 13.1. The lowest BCUT2D eigenvalue weighted by molar-refractivity contribution is 0.448. The number of hydrogen-bond donors (Lipinski definition) is 3. The van der Waals surface area contributed by atoms with E-state index in [-0.39, 0.29) is 33.9 Å². The number of nitrogens with zero attached hydrogens (tertiary/aromatic N) is 4. The molecular weight excluding hydrogens is 342 g/mol. The summed E-state index contributed by atoms with van der Waals surface area (Å²) in [6, 6.07) is 17.5. The second kappa shape index (κ2) is 7.34. The summed E-state index contributed by atoms with van der Waals surface area (Å²) >= 11 is 0. The molecule has 0 aliphatic carbocycles. The van der Waals surface area contributed by atoms with Gasteiger partial charge in [-0.05, 0) is 30.3 Å². The number of phenols is 2. The Morgan fingerprint density at radius 1 is 1.07 bits per heavy atom. The summed E-state index contributed by atoms with van der Waals surface area (Å²) in [6.45, 7) is 0. The molecule has 1 heterocycles. The minimum absolute atomic E-state index is 0.0366. The molecule has 0 aliphatic heterocycles. The number of phenolic OH excluding ortho intramolecular Hbond substituents is 2. The highest BCUT2D eigenvalue weighted by Crippen LogP contribution is 2.33. The van der Waals surface area contributed by atoms with Crippen LogP contribution in [0.1, 0.15) is 16.8 Å². The molecule has 2 aromatic carbocycles. The Hall–Kier alpha value is -4.23. The number of nitriles is 2. The Kier molecular flexibility index (Phi) is 4.78. The van der Waals surface area contributed by atoms with Gasteiger partial charge in [-0.2, -0.15) is 15.6 Å². The zero-order valence-electron chi connectivity index (χ0n) is 14.4.